The molecule has 3 aliphatic heterocycles. The van der Waals surface area contributed by atoms with Gasteiger partial charge in [-0.05, 0) is 31.9 Å². The lowest BCUT2D eigenvalue weighted by Crippen LogP contribution is -2.51. The molecule has 1 aromatic rings. The quantitative estimate of drug-likeness (QED) is 0.765. The van der Waals surface area contributed by atoms with E-state index in [2.05, 4.69) is 21.1 Å². The number of fused-ring (bicyclic) bond motifs is 1. The molecular weight excluding hydrogens is 326 g/mol. The Balaban J connectivity index is 1.47. The van der Waals surface area contributed by atoms with Gasteiger partial charge in [0, 0.05) is 37.8 Å². The van der Waals surface area contributed by atoms with Crippen LogP contribution in [-0.4, -0.2) is 69.0 Å². The van der Waals surface area contributed by atoms with Gasteiger partial charge in [-0.25, -0.2) is 0 Å². The van der Waals surface area contributed by atoms with E-state index < -0.39 is 10.0 Å². The normalized spacial score (nSPS) is 27.8. The molecule has 1 unspecified atom stereocenters. The highest BCUT2D eigenvalue weighted by molar-refractivity contribution is 7.90. The number of benzene rings is 1. The van der Waals surface area contributed by atoms with Crippen LogP contribution in [0.15, 0.2) is 33.6 Å². The minimum Gasteiger partial charge on any atom is -0.376 e. The fourth-order valence-electron chi connectivity index (χ4n) is 3.94. The molecule has 1 atom stereocenters. The summed E-state index contributed by atoms with van der Waals surface area (Å²) in [6.45, 7) is 6.60. The Morgan fingerprint density at radius 2 is 1.92 bits per heavy atom. The number of piperidine rings is 1. The van der Waals surface area contributed by atoms with Gasteiger partial charge in [-0.3, -0.25) is 4.90 Å². The number of rotatable bonds is 1. The van der Waals surface area contributed by atoms with Crippen molar-refractivity contribution in [1.29, 1.82) is 0 Å². The molecule has 0 N–H and O–H groups in total. The Morgan fingerprint density at radius 1 is 1.17 bits per heavy atom. The topological polar surface area (TPSA) is 62.2 Å². The van der Waals surface area contributed by atoms with Gasteiger partial charge in [-0.15, -0.1) is 4.40 Å². The Morgan fingerprint density at radius 3 is 2.67 bits per heavy atom. The molecule has 130 valence electrons. The van der Waals surface area contributed by atoms with Gasteiger partial charge >= 0.3 is 0 Å². The second-order valence-electron chi connectivity index (χ2n) is 6.78. The van der Waals surface area contributed by atoms with E-state index in [1.807, 2.05) is 12.1 Å². The van der Waals surface area contributed by atoms with Gasteiger partial charge in [0.25, 0.3) is 10.0 Å². The predicted octanol–water partition coefficient (Wildman–Crippen LogP) is 1.32. The van der Waals surface area contributed by atoms with Crippen molar-refractivity contribution in [3.05, 3.63) is 29.8 Å². The van der Waals surface area contributed by atoms with Crippen molar-refractivity contribution in [2.75, 3.05) is 32.8 Å². The molecule has 2 fully saturated rings. The molecule has 6 nitrogen and oxygen atoms in total. The van der Waals surface area contributed by atoms with E-state index >= 15 is 0 Å². The lowest BCUT2D eigenvalue weighted by molar-refractivity contribution is -0.0409. The van der Waals surface area contributed by atoms with Crippen molar-refractivity contribution < 1.29 is 13.2 Å². The first-order chi connectivity index (χ1) is 11.5. The second-order valence-corrected chi connectivity index (χ2v) is 8.35. The van der Waals surface area contributed by atoms with Crippen LogP contribution < -0.4 is 0 Å². The van der Waals surface area contributed by atoms with Gasteiger partial charge < -0.3 is 9.64 Å². The van der Waals surface area contributed by atoms with Crippen LogP contribution in [0.3, 0.4) is 0 Å². The van der Waals surface area contributed by atoms with Gasteiger partial charge in [0.2, 0.25) is 0 Å². The van der Waals surface area contributed by atoms with Crippen molar-refractivity contribution in [1.82, 2.24) is 9.80 Å². The number of amidine groups is 1. The first-order valence-electron chi connectivity index (χ1n) is 8.59. The molecule has 1 aromatic carbocycles. The minimum absolute atomic E-state index is 0.299. The van der Waals surface area contributed by atoms with Crippen molar-refractivity contribution in [3.8, 4) is 0 Å². The maximum Gasteiger partial charge on any atom is 0.285 e. The molecule has 3 heterocycles. The highest BCUT2D eigenvalue weighted by atomic mass is 32.2. The third kappa shape index (κ3) is 2.85. The van der Waals surface area contributed by atoms with E-state index in [9.17, 15) is 8.42 Å². The molecule has 2 saturated heterocycles. The number of ether oxygens (including phenoxy) is 1. The first kappa shape index (κ1) is 16.1. The zero-order chi connectivity index (χ0) is 16.7. The third-order valence-electron chi connectivity index (χ3n) is 5.17. The van der Waals surface area contributed by atoms with Gasteiger partial charge in [0.1, 0.15) is 4.90 Å². The maximum absolute atomic E-state index is 12.2. The SMILES string of the molecule is CC1CN(C2CCN(C3=NS(=O)(=O)c4ccccc43)CC2)CCO1. The van der Waals surface area contributed by atoms with Gasteiger partial charge in [-0.1, -0.05) is 12.1 Å². The Hall–Kier alpha value is -1.44. The lowest BCUT2D eigenvalue weighted by atomic mass is 10.0. The van der Waals surface area contributed by atoms with E-state index in [-0.39, 0.29) is 0 Å². The largest absolute Gasteiger partial charge is 0.376 e. The zero-order valence-electron chi connectivity index (χ0n) is 13.9. The highest BCUT2D eigenvalue weighted by Gasteiger charge is 2.34. The number of hydrogen-bond acceptors (Lipinski definition) is 5. The average Bonchev–Trinajstić information content (AvgIpc) is 2.87. The Labute approximate surface area is 143 Å². The maximum atomic E-state index is 12.2. The van der Waals surface area contributed by atoms with E-state index in [1.165, 1.54) is 0 Å². The molecule has 0 bridgehead atoms. The second kappa shape index (κ2) is 6.13. The molecule has 7 heteroatoms. The molecule has 0 aliphatic carbocycles. The fourth-order valence-corrected chi connectivity index (χ4v) is 5.16. The molecule has 0 amide bonds. The standard InChI is InChI=1S/C17H23N3O3S/c1-13-12-20(10-11-23-13)14-6-8-19(9-7-14)17-15-4-2-3-5-16(15)24(21,22)18-17/h2-5,13-14H,6-12H2,1H3. The smallest absolute Gasteiger partial charge is 0.285 e. The molecule has 0 radical (unpaired) electrons. The van der Waals surface area contributed by atoms with Crippen molar-refractivity contribution in [2.45, 2.75) is 36.8 Å². The molecule has 3 aliphatic rings. The van der Waals surface area contributed by atoms with Crippen LogP contribution in [0.2, 0.25) is 0 Å². The highest BCUT2D eigenvalue weighted by Crippen LogP contribution is 2.29. The molecule has 0 aromatic heterocycles. The summed E-state index contributed by atoms with van der Waals surface area (Å²) in [6.07, 6.45) is 2.37. The van der Waals surface area contributed by atoms with E-state index in [0.29, 0.717) is 22.9 Å². The average molecular weight is 349 g/mol. The minimum atomic E-state index is -3.53. The molecule has 24 heavy (non-hydrogen) atoms. The van der Waals surface area contributed by atoms with Crippen molar-refractivity contribution >= 4 is 15.9 Å². The van der Waals surface area contributed by atoms with E-state index in [0.717, 1.165) is 51.2 Å². The summed E-state index contributed by atoms with van der Waals surface area (Å²) in [5.41, 5.74) is 0.746. The summed E-state index contributed by atoms with van der Waals surface area (Å²) in [5, 5.41) is 0. The van der Waals surface area contributed by atoms with Crippen LogP contribution in [0, 0.1) is 0 Å². The lowest BCUT2D eigenvalue weighted by Gasteiger charge is -2.42. The van der Waals surface area contributed by atoms with E-state index in [4.69, 9.17) is 4.74 Å². The monoisotopic (exact) mass is 349 g/mol. The zero-order valence-corrected chi connectivity index (χ0v) is 14.7. The fraction of sp³-hybridized carbons (Fsp3) is 0.588. The van der Waals surface area contributed by atoms with Crippen LogP contribution in [0.4, 0.5) is 0 Å². The molecule has 0 saturated carbocycles. The van der Waals surface area contributed by atoms with Gasteiger partial charge in [-0.2, -0.15) is 8.42 Å². The summed E-state index contributed by atoms with van der Waals surface area (Å²) in [7, 11) is -3.53. The van der Waals surface area contributed by atoms with Crippen molar-refractivity contribution in [2.24, 2.45) is 4.40 Å². The van der Waals surface area contributed by atoms with Crippen LogP contribution in [0.1, 0.15) is 25.3 Å². The van der Waals surface area contributed by atoms with Crippen molar-refractivity contribution in [3.63, 3.8) is 0 Å². The summed E-state index contributed by atoms with van der Waals surface area (Å²) in [6, 6.07) is 7.68. The summed E-state index contributed by atoms with van der Waals surface area (Å²) < 4.78 is 34.1. The van der Waals surface area contributed by atoms with Crippen LogP contribution in [0.5, 0.6) is 0 Å². The Kier molecular flexibility index (Phi) is 4.10. The molecular formula is C17H23N3O3S. The number of sulfonamides is 1. The number of likely N-dealkylation sites (tertiary alicyclic amines) is 1. The summed E-state index contributed by atoms with van der Waals surface area (Å²) in [5.74, 6) is 0.624. The molecule has 0 spiro atoms. The molecule has 4 rings (SSSR count). The van der Waals surface area contributed by atoms with Crippen LogP contribution in [-0.2, 0) is 14.8 Å². The number of nitrogens with zero attached hydrogens (tertiary/aromatic N) is 3. The number of morpholine rings is 1. The van der Waals surface area contributed by atoms with Gasteiger partial charge in [0.05, 0.1) is 12.7 Å². The summed E-state index contributed by atoms with van der Waals surface area (Å²) in [4.78, 5) is 4.99. The summed E-state index contributed by atoms with van der Waals surface area (Å²) >= 11 is 0. The van der Waals surface area contributed by atoms with Gasteiger partial charge in [0.15, 0.2) is 5.84 Å². The Bertz CT molecular complexity index is 754. The predicted molar refractivity (Wildman–Crippen MR) is 91.7 cm³/mol. The van der Waals surface area contributed by atoms with E-state index in [1.54, 1.807) is 12.1 Å². The first-order valence-corrected chi connectivity index (χ1v) is 10.0. The van der Waals surface area contributed by atoms with Crippen LogP contribution >= 0.6 is 0 Å². The number of hydrogen-bond donors (Lipinski definition) is 0. The third-order valence-corrected chi connectivity index (χ3v) is 6.49. The van der Waals surface area contributed by atoms with Crippen LogP contribution in [0.25, 0.3) is 0 Å².